The maximum Gasteiger partial charge on any atom is 0.341 e. The lowest BCUT2D eigenvalue weighted by atomic mass is 10.1. The second-order valence-corrected chi connectivity index (χ2v) is 9.04. The number of carbonyl (C=O) groups is 1. The van der Waals surface area contributed by atoms with Crippen LogP contribution in [0.4, 0.5) is 10.9 Å². The van der Waals surface area contributed by atoms with E-state index in [1.54, 1.807) is 22.3 Å². The van der Waals surface area contributed by atoms with Gasteiger partial charge in [-0.05, 0) is 61.5 Å². The zero-order valence-corrected chi connectivity index (χ0v) is 19.2. The number of esters is 1. The van der Waals surface area contributed by atoms with E-state index in [1.807, 2.05) is 12.1 Å². The van der Waals surface area contributed by atoms with Crippen molar-refractivity contribution in [3.8, 4) is 0 Å². The van der Waals surface area contributed by atoms with Crippen LogP contribution in [-0.4, -0.2) is 33.0 Å². The highest BCUT2D eigenvalue weighted by Crippen LogP contribution is 2.38. The molecule has 0 saturated carbocycles. The molecule has 1 aliphatic carbocycles. The smallest absolute Gasteiger partial charge is 0.341 e. The molecule has 0 amide bonds. The molecule has 0 aliphatic heterocycles. The summed E-state index contributed by atoms with van der Waals surface area (Å²) in [6, 6.07) is 8.18. The SMILES string of the molecule is COC(=O)c1c(NC(=S)Nc2ncn(Cc3ccccc3C)n2)sc2c1CCCCC2. The highest BCUT2D eigenvalue weighted by Gasteiger charge is 2.25. The molecule has 0 unspecified atom stereocenters. The largest absolute Gasteiger partial charge is 0.465 e. The van der Waals surface area contributed by atoms with Crippen molar-refractivity contribution in [1.29, 1.82) is 0 Å². The van der Waals surface area contributed by atoms with Crippen molar-refractivity contribution < 1.29 is 9.53 Å². The van der Waals surface area contributed by atoms with Crippen molar-refractivity contribution in [1.82, 2.24) is 14.8 Å². The van der Waals surface area contributed by atoms with Crippen LogP contribution in [0, 0.1) is 6.92 Å². The van der Waals surface area contributed by atoms with Gasteiger partial charge in [0.25, 0.3) is 0 Å². The van der Waals surface area contributed by atoms with Crippen molar-refractivity contribution in [3.63, 3.8) is 0 Å². The molecule has 162 valence electrons. The number of nitrogens with one attached hydrogen (secondary N) is 2. The monoisotopic (exact) mass is 455 g/mol. The normalized spacial score (nSPS) is 13.2. The molecule has 2 N–H and O–H groups in total. The fourth-order valence-electron chi connectivity index (χ4n) is 3.77. The first-order valence-corrected chi connectivity index (χ1v) is 11.5. The Morgan fingerprint density at radius 3 is 2.84 bits per heavy atom. The first-order valence-electron chi connectivity index (χ1n) is 10.3. The van der Waals surface area contributed by atoms with Gasteiger partial charge in [0.15, 0.2) is 5.11 Å². The van der Waals surface area contributed by atoms with Crippen LogP contribution in [0.25, 0.3) is 0 Å². The summed E-state index contributed by atoms with van der Waals surface area (Å²) >= 11 is 7.05. The molecule has 0 saturated heterocycles. The molecule has 0 atom stereocenters. The van der Waals surface area contributed by atoms with Crippen LogP contribution in [0.2, 0.25) is 0 Å². The van der Waals surface area contributed by atoms with Crippen molar-refractivity contribution in [2.24, 2.45) is 0 Å². The minimum atomic E-state index is -0.328. The molecule has 1 aliphatic rings. The number of hydrogen-bond donors (Lipinski definition) is 2. The fraction of sp³-hybridized carbons (Fsp3) is 0.364. The number of thiophene rings is 1. The molecular weight excluding hydrogens is 430 g/mol. The summed E-state index contributed by atoms with van der Waals surface area (Å²) in [5, 5.41) is 11.7. The zero-order valence-electron chi connectivity index (χ0n) is 17.6. The van der Waals surface area contributed by atoms with E-state index < -0.39 is 0 Å². The summed E-state index contributed by atoms with van der Waals surface area (Å²) in [5.41, 5.74) is 4.09. The van der Waals surface area contributed by atoms with E-state index in [2.05, 4.69) is 39.8 Å². The summed E-state index contributed by atoms with van der Waals surface area (Å²) in [6.45, 7) is 2.71. The fourth-order valence-corrected chi connectivity index (χ4v) is 5.31. The second-order valence-electron chi connectivity index (χ2n) is 7.53. The van der Waals surface area contributed by atoms with Crippen LogP contribution in [0.5, 0.6) is 0 Å². The van der Waals surface area contributed by atoms with Gasteiger partial charge in [-0.15, -0.1) is 16.4 Å². The van der Waals surface area contributed by atoms with Crippen molar-refractivity contribution in [2.75, 3.05) is 17.7 Å². The molecular formula is C22H25N5O2S2. The van der Waals surface area contributed by atoms with Gasteiger partial charge in [0.1, 0.15) is 11.3 Å². The lowest BCUT2D eigenvalue weighted by Crippen LogP contribution is -2.21. The topological polar surface area (TPSA) is 81.1 Å². The predicted molar refractivity (Wildman–Crippen MR) is 127 cm³/mol. The summed E-state index contributed by atoms with van der Waals surface area (Å²) in [7, 11) is 1.41. The summed E-state index contributed by atoms with van der Waals surface area (Å²) < 4.78 is 6.81. The van der Waals surface area contributed by atoms with Crippen LogP contribution >= 0.6 is 23.6 Å². The Labute approximate surface area is 190 Å². The molecule has 31 heavy (non-hydrogen) atoms. The van der Waals surface area contributed by atoms with E-state index in [9.17, 15) is 4.79 Å². The number of carbonyl (C=O) groups excluding carboxylic acids is 1. The number of benzene rings is 1. The van der Waals surface area contributed by atoms with Gasteiger partial charge in [-0.1, -0.05) is 30.7 Å². The third-order valence-corrected chi connectivity index (χ3v) is 6.80. The number of thiocarbonyl (C=S) groups is 1. The number of hydrogen-bond acceptors (Lipinski definition) is 6. The molecule has 0 radical (unpaired) electrons. The molecule has 2 heterocycles. The van der Waals surface area contributed by atoms with Gasteiger partial charge < -0.3 is 10.1 Å². The first kappa shape index (κ1) is 21.5. The van der Waals surface area contributed by atoms with Crippen molar-refractivity contribution in [2.45, 2.75) is 45.6 Å². The Morgan fingerprint density at radius 2 is 2.03 bits per heavy atom. The second kappa shape index (κ2) is 9.57. The number of fused-ring (bicyclic) bond motifs is 1. The van der Waals surface area contributed by atoms with Crippen LogP contribution in [0.15, 0.2) is 30.6 Å². The van der Waals surface area contributed by atoms with E-state index in [1.165, 1.54) is 29.5 Å². The van der Waals surface area contributed by atoms with Crippen LogP contribution in [0.3, 0.4) is 0 Å². The number of rotatable bonds is 5. The number of ether oxygens (including phenoxy) is 1. The predicted octanol–water partition coefficient (Wildman–Crippen LogP) is 4.56. The van der Waals surface area contributed by atoms with Gasteiger partial charge in [0.05, 0.1) is 19.2 Å². The molecule has 0 fully saturated rings. The standard InChI is InChI=1S/C22H25N5O2S2/c1-14-8-6-7-9-15(14)12-27-13-23-21(26-27)25-22(30)24-19-18(20(28)29-2)16-10-4-3-5-11-17(16)31-19/h6-9,13H,3-5,10-12H2,1-2H3,(H2,24,25,26,30). The van der Waals surface area contributed by atoms with Gasteiger partial charge in [-0.2, -0.15) is 0 Å². The van der Waals surface area contributed by atoms with E-state index >= 15 is 0 Å². The van der Waals surface area contributed by atoms with Crippen LogP contribution < -0.4 is 10.6 Å². The molecule has 2 aromatic heterocycles. The van der Waals surface area contributed by atoms with Gasteiger partial charge in [0, 0.05) is 4.88 Å². The Hall–Kier alpha value is -2.78. The number of anilines is 2. The van der Waals surface area contributed by atoms with Crippen molar-refractivity contribution in [3.05, 3.63) is 57.7 Å². The van der Waals surface area contributed by atoms with E-state index in [4.69, 9.17) is 17.0 Å². The van der Waals surface area contributed by atoms with Gasteiger partial charge in [-0.3, -0.25) is 5.32 Å². The number of aromatic nitrogens is 3. The van der Waals surface area contributed by atoms with Gasteiger partial charge in [0.2, 0.25) is 5.95 Å². The van der Waals surface area contributed by atoms with Gasteiger partial charge in [-0.25, -0.2) is 14.5 Å². The average molecular weight is 456 g/mol. The molecule has 0 spiro atoms. The van der Waals surface area contributed by atoms with Gasteiger partial charge >= 0.3 is 5.97 Å². The quantitative estimate of drug-likeness (QED) is 0.332. The number of methoxy groups -OCH3 is 1. The summed E-state index contributed by atoms with van der Waals surface area (Å²) in [5.74, 6) is 0.0779. The third-order valence-electron chi connectivity index (χ3n) is 5.39. The minimum Gasteiger partial charge on any atom is -0.465 e. The Balaban J connectivity index is 1.46. The van der Waals surface area contributed by atoms with Crippen molar-refractivity contribution >= 4 is 45.6 Å². The molecule has 4 rings (SSSR count). The van der Waals surface area contributed by atoms with Crippen LogP contribution in [-0.2, 0) is 24.1 Å². The average Bonchev–Trinajstić information content (AvgIpc) is 3.25. The highest BCUT2D eigenvalue weighted by atomic mass is 32.1. The molecule has 9 heteroatoms. The number of nitrogens with zero attached hydrogens (tertiary/aromatic N) is 3. The molecule has 7 nitrogen and oxygen atoms in total. The van der Waals surface area contributed by atoms with E-state index in [0.717, 1.165) is 36.2 Å². The van der Waals surface area contributed by atoms with Crippen LogP contribution in [0.1, 0.15) is 51.2 Å². The van der Waals surface area contributed by atoms with E-state index in [0.29, 0.717) is 23.2 Å². The lowest BCUT2D eigenvalue weighted by Gasteiger charge is -2.09. The lowest BCUT2D eigenvalue weighted by molar-refractivity contribution is 0.0601. The van der Waals surface area contributed by atoms with E-state index in [-0.39, 0.29) is 5.97 Å². The summed E-state index contributed by atoms with van der Waals surface area (Å²) in [6.07, 6.45) is 6.95. The Bertz CT molecular complexity index is 1110. The Kier molecular flexibility index (Phi) is 6.62. The zero-order chi connectivity index (χ0) is 21.8. The maximum absolute atomic E-state index is 12.5. The minimum absolute atomic E-state index is 0.328. The molecule has 0 bridgehead atoms. The maximum atomic E-state index is 12.5. The molecule has 1 aromatic carbocycles. The first-order chi connectivity index (χ1) is 15.0. The summed E-state index contributed by atoms with van der Waals surface area (Å²) in [4.78, 5) is 18.0. The highest BCUT2D eigenvalue weighted by molar-refractivity contribution is 7.80. The Morgan fingerprint density at radius 1 is 1.23 bits per heavy atom. The number of aryl methyl sites for hydroxylation is 2. The third kappa shape index (κ3) is 4.94. The molecule has 3 aromatic rings.